The van der Waals surface area contributed by atoms with Crippen LogP contribution in [0.3, 0.4) is 0 Å². The maximum atomic E-state index is 11.9. The molecule has 4 heteroatoms. The monoisotopic (exact) mass is 240 g/mol. The molecule has 0 spiro atoms. The number of likely N-dealkylation sites (tertiary alicyclic amines) is 1. The normalized spacial score (nSPS) is 30.9. The van der Waals surface area contributed by atoms with Crippen LogP contribution in [0.4, 0.5) is 0 Å². The fraction of sp³-hybridized carbons (Fsp3) is 0.923. The first-order chi connectivity index (χ1) is 8.26. The van der Waals surface area contributed by atoms with Gasteiger partial charge in [0.05, 0.1) is 6.61 Å². The molecule has 17 heavy (non-hydrogen) atoms. The highest BCUT2D eigenvalue weighted by Crippen LogP contribution is 2.27. The van der Waals surface area contributed by atoms with Crippen LogP contribution in [0.1, 0.15) is 33.1 Å². The zero-order valence-corrected chi connectivity index (χ0v) is 10.9. The SMILES string of the molecule is CCOC(=O)C(CC)N1C[C@@H]2CCCN[C@@H]2C1. The number of nitrogens with zero attached hydrogens (tertiary/aromatic N) is 1. The molecule has 0 saturated carbocycles. The van der Waals surface area contributed by atoms with Gasteiger partial charge in [-0.05, 0) is 38.6 Å². The van der Waals surface area contributed by atoms with Crippen molar-refractivity contribution in [1.29, 1.82) is 0 Å². The van der Waals surface area contributed by atoms with Gasteiger partial charge in [0.1, 0.15) is 6.04 Å². The smallest absolute Gasteiger partial charge is 0.323 e. The number of piperidine rings is 1. The van der Waals surface area contributed by atoms with Crippen molar-refractivity contribution in [3.63, 3.8) is 0 Å². The molecule has 0 radical (unpaired) electrons. The first-order valence-corrected chi connectivity index (χ1v) is 6.90. The molecular formula is C13H24N2O2. The Hall–Kier alpha value is -0.610. The molecule has 0 aromatic rings. The topological polar surface area (TPSA) is 41.6 Å². The number of hydrogen-bond acceptors (Lipinski definition) is 4. The first kappa shape index (κ1) is 12.8. The lowest BCUT2D eigenvalue weighted by Gasteiger charge is -2.25. The Bertz CT molecular complexity index is 256. The third-order valence-corrected chi connectivity index (χ3v) is 4.01. The molecule has 2 aliphatic heterocycles. The van der Waals surface area contributed by atoms with Crippen molar-refractivity contribution < 1.29 is 9.53 Å². The van der Waals surface area contributed by atoms with Crippen molar-refractivity contribution >= 4 is 5.97 Å². The number of carbonyl (C=O) groups is 1. The van der Waals surface area contributed by atoms with E-state index in [9.17, 15) is 4.79 Å². The third-order valence-electron chi connectivity index (χ3n) is 4.01. The van der Waals surface area contributed by atoms with E-state index >= 15 is 0 Å². The molecule has 2 saturated heterocycles. The van der Waals surface area contributed by atoms with Crippen molar-refractivity contribution in [2.45, 2.75) is 45.2 Å². The van der Waals surface area contributed by atoms with Crippen LogP contribution in [0.15, 0.2) is 0 Å². The van der Waals surface area contributed by atoms with Crippen LogP contribution >= 0.6 is 0 Å². The zero-order valence-electron chi connectivity index (χ0n) is 10.9. The summed E-state index contributed by atoms with van der Waals surface area (Å²) in [6.45, 7) is 7.60. The summed E-state index contributed by atoms with van der Waals surface area (Å²) in [4.78, 5) is 14.2. The van der Waals surface area contributed by atoms with Crippen LogP contribution in [-0.4, -0.2) is 49.2 Å². The van der Waals surface area contributed by atoms with Gasteiger partial charge in [-0.15, -0.1) is 0 Å². The number of ether oxygens (including phenoxy) is 1. The maximum Gasteiger partial charge on any atom is 0.323 e. The predicted molar refractivity (Wildman–Crippen MR) is 66.8 cm³/mol. The molecule has 3 atom stereocenters. The summed E-state index contributed by atoms with van der Waals surface area (Å²) < 4.78 is 5.16. The summed E-state index contributed by atoms with van der Waals surface area (Å²) in [5, 5.41) is 3.57. The summed E-state index contributed by atoms with van der Waals surface area (Å²) in [5.41, 5.74) is 0. The van der Waals surface area contributed by atoms with E-state index in [0.717, 1.165) is 32.0 Å². The molecule has 0 aromatic heterocycles. The third kappa shape index (κ3) is 2.80. The molecule has 0 amide bonds. The van der Waals surface area contributed by atoms with Gasteiger partial charge in [-0.25, -0.2) is 0 Å². The van der Waals surface area contributed by atoms with Gasteiger partial charge >= 0.3 is 5.97 Å². The van der Waals surface area contributed by atoms with Gasteiger partial charge in [0.25, 0.3) is 0 Å². The minimum absolute atomic E-state index is 0.0395. The van der Waals surface area contributed by atoms with Gasteiger partial charge < -0.3 is 10.1 Å². The minimum atomic E-state index is -0.0475. The molecule has 2 fully saturated rings. The lowest BCUT2D eigenvalue weighted by Crippen LogP contribution is -2.43. The largest absolute Gasteiger partial charge is 0.465 e. The van der Waals surface area contributed by atoms with Gasteiger partial charge in [-0.1, -0.05) is 6.92 Å². The summed E-state index contributed by atoms with van der Waals surface area (Å²) in [5.74, 6) is 0.681. The molecule has 2 rings (SSSR count). The predicted octanol–water partition coefficient (Wildman–Crippen LogP) is 1.01. The van der Waals surface area contributed by atoms with E-state index in [1.807, 2.05) is 6.92 Å². The second-order valence-corrected chi connectivity index (χ2v) is 5.09. The number of carbonyl (C=O) groups excluding carboxylic acids is 1. The van der Waals surface area contributed by atoms with Crippen molar-refractivity contribution in [3.05, 3.63) is 0 Å². The maximum absolute atomic E-state index is 11.9. The Kier molecular flexibility index (Phi) is 4.40. The highest BCUT2D eigenvalue weighted by molar-refractivity contribution is 5.75. The first-order valence-electron chi connectivity index (χ1n) is 6.90. The van der Waals surface area contributed by atoms with Crippen LogP contribution in [0.5, 0.6) is 0 Å². The van der Waals surface area contributed by atoms with Crippen LogP contribution in [-0.2, 0) is 9.53 Å². The van der Waals surface area contributed by atoms with E-state index in [0.29, 0.717) is 12.6 Å². The molecule has 1 N–H and O–H groups in total. The molecule has 0 bridgehead atoms. The molecule has 0 aromatic carbocycles. The van der Waals surface area contributed by atoms with Gasteiger partial charge in [-0.3, -0.25) is 9.69 Å². The van der Waals surface area contributed by atoms with Crippen LogP contribution < -0.4 is 5.32 Å². The van der Waals surface area contributed by atoms with E-state index in [-0.39, 0.29) is 12.0 Å². The Balaban J connectivity index is 1.94. The van der Waals surface area contributed by atoms with Gasteiger partial charge in [0, 0.05) is 19.1 Å². The molecule has 1 unspecified atom stereocenters. The standard InChI is InChI=1S/C13H24N2O2/c1-3-12(13(16)17-4-2)15-8-10-6-5-7-14-11(10)9-15/h10-12,14H,3-9H2,1-2H3/t10-,11+,12?/m0/s1. The second kappa shape index (κ2) is 5.83. The van der Waals surface area contributed by atoms with Gasteiger partial charge in [-0.2, -0.15) is 0 Å². The lowest BCUT2D eigenvalue weighted by atomic mass is 9.94. The Morgan fingerprint density at radius 2 is 2.29 bits per heavy atom. The molecule has 0 aliphatic carbocycles. The highest BCUT2D eigenvalue weighted by atomic mass is 16.5. The zero-order chi connectivity index (χ0) is 12.3. The average Bonchev–Trinajstić information content (AvgIpc) is 2.73. The van der Waals surface area contributed by atoms with Crippen LogP contribution in [0.25, 0.3) is 0 Å². The summed E-state index contributed by atoms with van der Waals surface area (Å²) in [6.07, 6.45) is 3.41. The Morgan fingerprint density at radius 3 is 2.94 bits per heavy atom. The summed E-state index contributed by atoms with van der Waals surface area (Å²) in [7, 11) is 0. The average molecular weight is 240 g/mol. The highest BCUT2D eigenvalue weighted by Gasteiger charge is 2.39. The quantitative estimate of drug-likeness (QED) is 0.745. The number of esters is 1. The van der Waals surface area contributed by atoms with Crippen LogP contribution in [0.2, 0.25) is 0 Å². The van der Waals surface area contributed by atoms with Gasteiger partial charge in [0.15, 0.2) is 0 Å². The fourth-order valence-electron chi connectivity index (χ4n) is 3.15. The van der Waals surface area contributed by atoms with E-state index in [1.165, 1.54) is 12.8 Å². The fourth-order valence-corrected chi connectivity index (χ4v) is 3.15. The number of hydrogen-bond donors (Lipinski definition) is 1. The lowest BCUT2D eigenvalue weighted by molar-refractivity contribution is -0.149. The van der Waals surface area contributed by atoms with Crippen molar-refractivity contribution in [2.75, 3.05) is 26.2 Å². The molecule has 2 heterocycles. The molecule has 2 aliphatic rings. The molecule has 4 nitrogen and oxygen atoms in total. The van der Waals surface area contributed by atoms with Crippen molar-refractivity contribution in [2.24, 2.45) is 5.92 Å². The van der Waals surface area contributed by atoms with Crippen molar-refractivity contribution in [1.82, 2.24) is 10.2 Å². The van der Waals surface area contributed by atoms with E-state index in [4.69, 9.17) is 4.74 Å². The van der Waals surface area contributed by atoms with Crippen LogP contribution in [0, 0.1) is 5.92 Å². The van der Waals surface area contributed by atoms with E-state index < -0.39 is 0 Å². The number of fused-ring (bicyclic) bond motifs is 1. The number of nitrogens with one attached hydrogen (secondary N) is 1. The number of rotatable bonds is 4. The Morgan fingerprint density at radius 1 is 1.47 bits per heavy atom. The van der Waals surface area contributed by atoms with E-state index in [1.54, 1.807) is 0 Å². The summed E-state index contributed by atoms with van der Waals surface area (Å²) >= 11 is 0. The van der Waals surface area contributed by atoms with Crippen molar-refractivity contribution in [3.8, 4) is 0 Å². The molecule has 98 valence electrons. The molecular weight excluding hydrogens is 216 g/mol. The second-order valence-electron chi connectivity index (χ2n) is 5.09. The summed E-state index contributed by atoms with van der Waals surface area (Å²) in [6, 6.07) is 0.551. The van der Waals surface area contributed by atoms with E-state index in [2.05, 4.69) is 17.1 Å². The minimum Gasteiger partial charge on any atom is -0.465 e. The van der Waals surface area contributed by atoms with Gasteiger partial charge in [0.2, 0.25) is 0 Å². The Labute approximate surface area is 104 Å².